The molecule has 2 amide bonds. The van der Waals surface area contributed by atoms with Crippen LogP contribution in [0.1, 0.15) is 5.56 Å². The zero-order valence-corrected chi connectivity index (χ0v) is 23.7. The molecule has 2 aliphatic heterocycles. The zero-order valence-electron chi connectivity index (χ0n) is 21.3. The molecular formula is C27H26ClN5O5S2. The quantitative estimate of drug-likeness (QED) is 0.350. The molecule has 1 unspecified atom stereocenters. The van der Waals surface area contributed by atoms with Gasteiger partial charge < -0.3 is 20.3 Å². The number of piperazine rings is 1. The lowest BCUT2D eigenvalue weighted by Gasteiger charge is -2.41. The van der Waals surface area contributed by atoms with E-state index in [1.54, 1.807) is 36.5 Å². The summed E-state index contributed by atoms with van der Waals surface area (Å²) < 4.78 is 35.1. The van der Waals surface area contributed by atoms with E-state index >= 15 is 0 Å². The van der Waals surface area contributed by atoms with Gasteiger partial charge in [0.2, 0.25) is 0 Å². The van der Waals surface area contributed by atoms with Crippen LogP contribution in [0.5, 0.6) is 0 Å². The topological polar surface area (TPSA) is 126 Å². The molecule has 13 heteroatoms. The van der Waals surface area contributed by atoms with Gasteiger partial charge in [0.05, 0.1) is 18.7 Å². The maximum atomic E-state index is 13.9. The van der Waals surface area contributed by atoms with Crippen molar-refractivity contribution in [3.05, 3.63) is 65.3 Å². The number of aromatic nitrogens is 1. The molecule has 4 aromatic rings. The fourth-order valence-electron chi connectivity index (χ4n) is 5.11. The highest BCUT2D eigenvalue weighted by Gasteiger charge is 2.48. The van der Waals surface area contributed by atoms with Crippen LogP contribution < -0.4 is 5.73 Å². The molecule has 2 saturated heterocycles. The summed E-state index contributed by atoms with van der Waals surface area (Å²) in [6, 6.07) is 12.5. The number of nitrogens with zero attached hydrogens (tertiary/aromatic N) is 4. The van der Waals surface area contributed by atoms with Gasteiger partial charge >= 0.3 is 0 Å². The molecule has 208 valence electrons. The number of carbonyl (C=O) groups excluding carboxylic acids is 2. The Hall–Kier alpha value is -3.29. The largest absolute Gasteiger partial charge is 0.398 e. The first kappa shape index (κ1) is 26.9. The smallest absolute Gasteiger partial charge is 0.253 e. The maximum Gasteiger partial charge on any atom is 0.253 e. The molecule has 10 nitrogen and oxygen atoms in total. The number of rotatable bonds is 5. The Bertz CT molecular complexity index is 1740. The lowest BCUT2D eigenvalue weighted by molar-refractivity contribution is -0.152. The molecule has 2 N–H and O–H groups in total. The number of pyridine rings is 1. The van der Waals surface area contributed by atoms with Crippen LogP contribution in [0.3, 0.4) is 0 Å². The van der Waals surface area contributed by atoms with Crippen molar-refractivity contribution in [2.45, 2.75) is 16.8 Å². The second-order valence-electron chi connectivity index (χ2n) is 9.72. The monoisotopic (exact) mass is 599 g/mol. The Morgan fingerprint density at radius 1 is 1.07 bits per heavy atom. The number of halogens is 1. The standard InChI is InChI=1S/C27H26ClN5O5S2/c28-19-3-2-18-14-24(39-23(18)15-19)40(36,37)33-8-7-32(27(35)25(33)26(34)31-9-11-38-12-10-31)16-17-1-4-20-21(29)5-6-30-22(20)13-17/h1-6,13-15,25H,7-12,16H2,(H2,29,30). The summed E-state index contributed by atoms with van der Waals surface area (Å²) in [5.41, 5.74) is 8.14. The van der Waals surface area contributed by atoms with E-state index in [1.807, 2.05) is 18.2 Å². The molecule has 1 atom stereocenters. The van der Waals surface area contributed by atoms with Crippen molar-refractivity contribution < 1.29 is 22.7 Å². The van der Waals surface area contributed by atoms with Crippen LogP contribution in [0.2, 0.25) is 5.02 Å². The van der Waals surface area contributed by atoms with Gasteiger partial charge in [0.15, 0.2) is 6.04 Å². The fourth-order valence-corrected chi connectivity index (χ4v) is 8.45. The van der Waals surface area contributed by atoms with Crippen molar-refractivity contribution in [1.82, 2.24) is 19.1 Å². The molecule has 2 aliphatic rings. The van der Waals surface area contributed by atoms with Gasteiger partial charge in [-0.2, -0.15) is 4.31 Å². The van der Waals surface area contributed by atoms with E-state index < -0.39 is 27.9 Å². The average Bonchev–Trinajstić information content (AvgIpc) is 3.38. The third-order valence-electron chi connectivity index (χ3n) is 7.22. The van der Waals surface area contributed by atoms with Crippen molar-refractivity contribution in [2.75, 3.05) is 45.1 Å². The number of sulfonamides is 1. The first-order valence-corrected chi connectivity index (χ1v) is 15.4. The summed E-state index contributed by atoms with van der Waals surface area (Å²) in [7, 11) is -4.17. The molecule has 4 heterocycles. The lowest BCUT2D eigenvalue weighted by atomic mass is 10.1. The van der Waals surface area contributed by atoms with Crippen LogP contribution in [0.25, 0.3) is 21.0 Å². The van der Waals surface area contributed by atoms with E-state index in [0.717, 1.165) is 32.0 Å². The van der Waals surface area contributed by atoms with E-state index in [9.17, 15) is 18.0 Å². The molecule has 0 bridgehead atoms. The van der Waals surface area contributed by atoms with Crippen LogP contribution >= 0.6 is 22.9 Å². The maximum absolute atomic E-state index is 13.9. The summed E-state index contributed by atoms with van der Waals surface area (Å²) in [6.07, 6.45) is 1.62. The molecule has 2 aromatic heterocycles. The van der Waals surface area contributed by atoms with Gasteiger partial charge in [0, 0.05) is 59.7 Å². The van der Waals surface area contributed by atoms with Gasteiger partial charge in [0.25, 0.3) is 21.8 Å². The van der Waals surface area contributed by atoms with E-state index in [0.29, 0.717) is 34.1 Å². The highest BCUT2D eigenvalue weighted by molar-refractivity contribution is 7.91. The number of fused-ring (bicyclic) bond motifs is 2. The SMILES string of the molecule is Nc1ccnc2cc(CN3CCN(S(=O)(=O)c4cc5ccc(Cl)cc5s4)C(C(=O)N4CCOCC4)C3=O)ccc12. The highest BCUT2D eigenvalue weighted by atomic mass is 35.5. The zero-order chi connectivity index (χ0) is 28.0. The number of nitrogens with two attached hydrogens (primary N) is 1. The number of ether oxygens (including phenoxy) is 1. The summed E-state index contributed by atoms with van der Waals surface area (Å²) >= 11 is 7.18. The molecule has 0 radical (unpaired) electrons. The van der Waals surface area contributed by atoms with Gasteiger partial charge in [-0.25, -0.2) is 8.42 Å². The molecule has 0 spiro atoms. The third kappa shape index (κ3) is 4.90. The van der Waals surface area contributed by atoms with Crippen molar-refractivity contribution in [3.8, 4) is 0 Å². The molecule has 6 rings (SSSR count). The Kier molecular flexibility index (Phi) is 7.13. The number of thiophene rings is 1. The summed E-state index contributed by atoms with van der Waals surface area (Å²) in [4.78, 5) is 35.1. The van der Waals surface area contributed by atoms with Crippen LogP contribution in [-0.2, 0) is 30.9 Å². The van der Waals surface area contributed by atoms with Gasteiger partial charge in [0.1, 0.15) is 4.21 Å². The van der Waals surface area contributed by atoms with Crippen LogP contribution in [0, 0.1) is 0 Å². The minimum atomic E-state index is -4.17. The molecule has 0 saturated carbocycles. The number of amides is 2. The molecule has 2 fully saturated rings. The first-order valence-electron chi connectivity index (χ1n) is 12.7. The molecule has 2 aromatic carbocycles. The molecule has 0 aliphatic carbocycles. The van der Waals surface area contributed by atoms with Crippen molar-refractivity contribution in [1.29, 1.82) is 0 Å². The second-order valence-corrected chi connectivity index (χ2v) is 13.4. The number of hydrogen-bond donors (Lipinski definition) is 1. The number of morpholine rings is 1. The van der Waals surface area contributed by atoms with Crippen LogP contribution in [0.4, 0.5) is 5.69 Å². The third-order valence-corrected chi connectivity index (χ3v) is 10.9. The first-order chi connectivity index (χ1) is 19.2. The molecular weight excluding hydrogens is 574 g/mol. The Morgan fingerprint density at radius 2 is 1.88 bits per heavy atom. The summed E-state index contributed by atoms with van der Waals surface area (Å²) in [5, 5.41) is 2.02. The van der Waals surface area contributed by atoms with Gasteiger partial charge in [-0.05, 0) is 41.3 Å². The second kappa shape index (κ2) is 10.6. The van der Waals surface area contributed by atoms with Crippen molar-refractivity contribution in [2.24, 2.45) is 0 Å². The Balaban J connectivity index is 1.33. The number of hydrogen-bond acceptors (Lipinski definition) is 8. The van der Waals surface area contributed by atoms with Crippen LogP contribution in [0.15, 0.2) is 58.9 Å². The number of nitrogen functional groups attached to an aromatic ring is 1. The van der Waals surface area contributed by atoms with Gasteiger partial charge in [-0.15, -0.1) is 11.3 Å². The van der Waals surface area contributed by atoms with Crippen molar-refractivity contribution in [3.63, 3.8) is 0 Å². The number of anilines is 1. The lowest BCUT2D eigenvalue weighted by Crippen LogP contribution is -2.64. The highest BCUT2D eigenvalue weighted by Crippen LogP contribution is 2.34. The van der Waals surface area contributed by atoms with Crippen LogP contribution in [-0.4, -0.2) is 84.8 Å². The van der Waals surface area contributed by atoms with E-state index in [2.05, 4.69) is 4.98 Å². The minimum Gasteiger partial charge on any atom is -0.398 e. The van der Waals surface area contributed by atoms with Gasteiger partial charge in [-0.1, -0.05) is 29.8 Å². The predicted octanol–water partition coefficient (Wildman–Crippen LogP) is 2.95. The van der Waals surface area contributed by atoms with E-state index in [-0.39, 0.29) is 36.9 Å². The van der Waals surface area contributed by atoms with E-state index in [1.165, 1.54) is 9.80 Å². The number of benzene rings is 2. The van der Waals surface area contributed by atoms with Gasteiger partial charge in [-0.3, -0.25) is 14.6 Å². The Morgan fingerprint density at radius 3 is 2.67 bits per heavy atom. The Labute approximate surface area is 239 Å². The minimum absolute atomic E-state index is 0.0252. The summed E-state index contributed by atoms with van der Waals surface area (Å²) in [6.45, 7) is 1.53. The summed E-state index contributed by atoms with van der Waals surface area (Å²) in [5.74, 6) is -1.10. The fraction of sp³-hybridized carbons (Fsp3) is 0.296. The van der Waals surface area contributed by atoms with Crippen molar-refractivity contribution >= 4 is 71.5 Å². The average molecular weight is 600 g/mol. The van der Waals surface area contributed by atoms with E-state index in [4.69, 9.17) is 22.1 Å². The predicted molar refractivity (Wildman–Crippen MR) is 153 cm³/mol. The number of carbonyl (C=O) groups is 2. The molecule has 40 heavy (non-hydrogen) atoms. The normalized spacial score (nSPS) is 19.0.